The number of fused-ring (bicyclic) bond motifs is 1. The van der Waals surface area contributed by atoms with Gasteiger partial charge >= 0.3 is 0 Å². The number of amides is 1. The molecule has 1 atom stereocenters. The first-order valence-corrected chi connectivity index (χ1v) is 9.53. The molecule has 6 heteroatoms. The van der Waals surface area contributed by atoms with Gasteiger partial charge in [0, 0.05) is 6.54 Å². The molecule has 1 unspecified atom stereocenters. The zero-order valence-electron chi connectivity index (χ0n) is 16.1. The number of hydrogen-bond acceptors (Lipinski definition) is 3. The minimum absolute atomic E-state index is 0.00832. The Balaban J connectivity index is 1.65. The zero-order valence-corrected chi connectivity index (χ0v) is 16.1. The van der Waals surface area contributed by atoms with Crippen LogP contribution in [0.5, 0.6) is 0 Å². The van der Waals surface area contributed by atoms with Gasteiger partial charge in [0.05, 0.1) is 16.8 Å². The minimum Gasteiger partial charge on any atom is -0.334 e. The van der Waals surface area contributed by atoms with Gasteiger partial charge in [-0.15, -0.1) is 0 Å². The Morgan fingerprint density at radius 2 is 1.75 bits per heavy atom. The number of nitrogens with one attached hydrogen (secondary N) is 1. The first kappa shape index (κ1) is 18.2. The van der Waals surface area contributed by atoms with Crippen molar-refractivity contribution in [1.82, 2.24) is 14.7 Å². The second kappa shape index (κ2) is 7.11. The Bertz CT molecular complexity index is 1160. The van der Waals surface area contributed by atoms with Gasteiger partial charge < -0.3 is 4.90 Å². The largest absolute Gasteiger partial charge is 0.334 e. The summed E-state index contributed by atoms with van der Waals surface area (Å²) < 4.78 is 1.13. The summed E-state index contributed by atoms with van der Waals surface area (Å²) in [7, 11) is 0. The molecule has 144 valence electrons. The van der Waals surface area contributed by atoms with Crippen LogP contribution in [0, 0.1) is 13.8 Å². The number of nitrogens with zero attached hydrogens (tertiary/aromatic N) is 2. The SMILES string of the molecule is Cc1cc(C)cc(C2CCCN2C(=O)Cn2[nH]c(=O)c3ccccc3c2=O)c1. The average Bonchev–Trinajstić information content (AvgIpc) is 3.15. The van der Waals surface area contributed by atoms with Crippen LogP contribution in [0.4, 0.5) is 0 Å². The summed E-state index contributed by atoms with van der Waals surface area (Å²) in [6.07, 6.45) is 1.82. The van der Waals surface area contributed by atoms with Crippen molar-refractivity contribution in [3.05, 3.63) is 79.9 Å². The van der Waals surface area contributed by atoms with Gasteiger partial charge in [0.2, 0.25) is 5.91 Å². The molecule has 1 aromatic heterocycles. The number of hydrogen-bond donors (Lipinski definition) is 1. The topological polar surface area (TPSA) is 75.2 Å². The minimum atomic E-state index is -0.365. The lowest BCUT2D eigenvalue weighted by Gasteiger charge is -2.26. The molecule has 0 saturated carbocycles. The molecular formula is C22H23N3O3. The van der Waals surface area contributed by atoms with Gasteiger partial charge in [-0.25, -0.2) is 4.68 Å². The Morgan fingerprint density at radius 1 is 1.07 bits per heavy atom. The summed E-state index contributed by atoms with van der Waals surface area (Å²) in [6, 6.07) is 13.0. The highest BCUT2D eigenvalue weighted by Crippen LogP contribution is 2.33. The fraction of sp³-hybridized carbons (Fsp3) is 0.318. The summed E-state index contributed by atoms with van der Waals surface area (Å²) in [5.41, 5.74) is 2.75. The molecule has 0 radical (unpaired) electrons. The van der Waals surface area contributed by atoms with Crippen molar-refractivity contribution in [1.29, 1.82) is 0 Å². The zero-order chi connectivity index (χ0) is 19.8. The van der Waals surface area contributed by atoms with Crippen molar-refractivity contribution in [3.8, 4) is 0 Å². The van der Waals surface area contributed by atoms with Crippen molar-refractivity contribution in [3.63, 3.8) is 0 Å². The van der Waals surface area contributed by atoms with E-state index in [0.29, 0.717) is 17.3 Å². The number of likely N-dealkylation sites (tertiary alicyclic amines) is 1. The normalized spacial score (nSPS) is 16.6. The van der Waals surface area contributed by atoms with Crippen LogP contribution in [0.2, 0.25) is 0 Å². The molecule has 3 aromatic rings. The van der Waals surface area contributed by atoms with E-state index in [4.69, 9.17) is 0 Å². The second-order valence-corrected chi connectivity index (χ2v) is 7.54. The third-order valence-corrected chi connectivity index (χ3v) is 5.38. The molecule has 28 heavy (non-hydrogen) atoms. The first-order valence-electron chi connectivity index (χ1n) is 9.53. The van der Waals surface area contributed by atoms with Gasteiger partial charge in [-0.1, -0.05) is 41.5 Å². The molecule has 1 fully saturated rings. The molecule has 4 rings (SSSR count). The van der Waals surface area contributed by atoms with Crippen LogP contribution in [0.25, 0.3) is 10.8 Å². The predicted molar refractivity (Wildman–Crippen MR) is 108 cm³/mol. The summed E-state index contributed by atoms with van der Waals surface area (Å²) in [5.74, 6) is -0.158. The molecule has 1 aliphatic rings. The summed E-state index contributed by atoms with van der Waals surface area (Å²) in [4.78, 5) is 39.8. The van der Waals surface area contributed by atoms with Crippen molar-refractivity contribution >= 4 is 16.7 Å². The summed E-state index contributed by atoms with van der Waals surface area (Å²) >= 11 is 0. The highest BCUT2D eigenvalue weighted by Gasteiger charge is 2.30. The first-order chi connectivity index (χ1) is 13.4. The molecule has 1 N–H and O–H groups in total. The second-order valence-electron chi connectivity index (χ2n) is 7.54. The Morgan fingerprint density at radius 3 is 2.46 bits per heavy atom. The highest BCUT2D eigenvalue weighted by atomic mass is 16.2. The molecule has 6 nitrogen and oxygen atoms in total. The summed E-state index contributed by atoms with van der Waals surface area (Å²) in [5, 5.41) is 3.21. The van der Waals surface area contributed by atoms with Gasteiger partial charge in [-0.2, -0.15) is 0 Å². The highest BCUT2D eigenvalue weighted by molar-refractivity contribution is 5.81. The maximum Gasteiger partial charge on any atom is 0.273 e. The van der Waals surface area contributed by atoms with E-state index in [0.717, 1.165) is 23.1 Å². The number of H-pyrrole nitrogens is 1. The van der Waals surface area contributed by atoms with Crippen molar-refractivity contribution in [2.75, 3.05) is 6.54 Å². The van der Waals surface area contributed by atoms with Crippen molar-refractivity contribution in [2.24, 2.45) is 0 Å². The molecule has 2 aromatic carbocycles. The number of aromatic amines is 1. The molecular weight excluding hydrogens is 354 g/mol. The van der Waals surface area contributed by atoms with E-state index in [9.17, 15) is 14.4 Å². The van der Waals surface area contributed by atoms with Gasteiger partial charge in [-0.05, 0) is 44.4 Å². The summed E-state index contributed by atoms with van der Waals surface area (Å²) in [6.45, 7) is 4.59. The molecule has 2 heterocycles. The molecule has 1 saturated heterocycles. The lowest BCUT2D eigenvalue weighted by molar-refractivity contribution is -0.133. The number of benzene rings is 2. The third kappa shape index (κ3) is 3.26. The smallest absolute Gasteiger partial charge is 0.273 e. The van der Waals surface area contributed by atoms with E-state index in [2.05, 4.69) is 37.1 Å². The van der Waals surface area contributed by atoms with E-state index >= 15 is 0 Å². The maximum atomic E-state index is 13.0. The maximum absolute atomic E-state index is 13.0. The number of carbonyl (C=O) groups excluding carboxylic acids is 1. The van der Waals surface area contributed by atoms with Crippen LogP contribution in [0.15, 0.2) is 52.1 Å². The van der Waals surface area contributed by atoms with Crippen LogP contribution in [-0.4, -0.2) is 27.1 Å². The fourth-order valence-electron chi connectivity index (χ4n) is 4.20. The lowest BCUT2D eigenvalue weighted by Crippen LogP contribution is -2.39. The van der Waals surface area contributed by atoms with E-state index in [-0.39, 0.29) is 29.6 Å². The average molecular weight is 377 g/mol. The molecule has 1 amide bonds. The van der Waals surface area contributed by atoms with Crippen molar-refractivity contribution in [2.45, 2.75) is 39.3 Å². The van der Waals surface area contributed by atoms with Crippen LogP contribution < -0.4 is 11.1 Å². The Hall–Kier alpha value is -3.15. The van der Waals surface area contributed by atoms with Gasteiger partial charge in [0.1, 0.15) is 6.54 Å². The van der Waals surface area contributed by atoms with Crippen LogP contribution in [0.3, 0.4) is 0 Å². The monoisotopic (exact) mass is 377 g/mol. The van der Waals surface area contributed by atoms with Gasteiger partial charge in [-0.3, -0.25) is 19.5 Å². The Kier molecular flexibility index (Phi) is 4.63. The molecule has 0 bridgehead atoms. The Labute approximate surface area is 162 Å². The van der Waals surface area contributed by atoms with Crippen LogP contribution in [-0.2, 0) is 11.3 Å². The molecule has 0 aliphatic carbocycles. The van der Waals surface area contributed by atoms with Gasteiger partial charge in [0.15, 0.2) is 0 Å². The number of carbonyl (C=O) groups is 1. The predicted octanol–water partition coefficient (Wildman–Crippen LogP) is 2.67. The molecule has 1 aliphatic heterocycles. The third-order valence-electron chi connectivity index (χ3n) is 5.38. The van der Waals surface area contributed by atoms with E-state index in [1.54, 1.807) is 24.3 Å². The van der Waals surface area contributed by atoms with E-state index < -0.39 is 0 Å². The van der Waals surface area contributed by atoms with E-state index in [1.165, 1.54) is 11.1 Å². The lowest BCUT2D eigenvalue weighted by atomic mass is 9.99. The number of rotatable bonds is 3. The van der Waals surface area contributed by atoms with Gasteiger partial charge in [0.25, 0.3) is 11.1 Å². The van der Waals surface area contributed by atoms with Crippen LogP contribution >= 0.6 is 0 Å². The standard InChI is InChI=1S/C22H23N3O3/c1-14-10-15(2)12-16(11-14)19-8-5-9-24(19)20(26)13-25-22(28)18-7-4-3-6-17(18)21(27)23-25/h3-4,6-7,10-12,19H,5,8-9,13H2,1-2H3,(H,23,27). The number of aryl methyl sites for hydroxylation is 2. The van der Waals surface area contributed by atoms with Crippen molar-refractivity contribution < 1.29 is 4.79 Å². The van der Waals surface area contributed by atoms with Crippen LogP contribution in [0.1, 0.15) is 35.6 Å². The van der Waals surface area contributed by atoms with E-state index in [1.807, 2.05) is 4.90 Å². The molecule has 0 spiro atoms. The quantitative estimate of drug-likeness (QED) is 0.762. The fourth-order valence-corrected chi connectivity index (χ4v) is 4.20. The number of aromatic nitrogens is 2.